The number of nitrogens with zero attached hydrogens (tertiary/aromatic N) is 4. The predicted molar refractivity (Wildman–Crippen MR) is 205 cm³/mol. The number of aromatic nitrogens is 3. The number of fused-ring (bicyclic) bond motifs is 3. The van der Waals surface area contributed by atoms with E-state index >= 15 is 0 Å². The van der Waals surface area contributed by atoms with Crippen molar-refractivity contribution in [1.82, 2.24) is 15.0 Å². The standard InChI is InChI=1S/C47H30N4/c1-48-39-24-14-19-34(29-39)35-25-27-40-41-28-26-36(46-50-44(32-15-6-2-7-16-32)49-45(51-46)33-17-8-3-9-18-33)31-43(41)47(42(40)30-35,37-20-10-4-11-21-37)38-22-12-5-13-23-38/h2-31H. The van der Waals surface area contributed by atoms with Gasteiger partial charge in [-0.1, -0.05) is 164 Å². The van der Waals surface area contributed by atoms with E-state index in [1.807, 2.05) is 78.9 Å². The van der Waals surface area contributed by atoms with E-state index in [4.69, 9.17) is 21.5 Å². The SMILES string of the molecule is [C-]#[N+]c1cccc(-c2ccc3c(c2)C(c2ccccc2)(c2ccccc2)c2cc(-c4nc(-c5ccccc5)nc(-c5ccccc5)n4)ccc2-3)c1. The first-order valence-corrected chi connectivity index (χ1v) is 17.0. The molecule has 0 atom stereocenters. The number of rotatable bonds is 6. The van der Waals surface area contributed by atoms with E-state index < -0.39 is 5.41 Å². The van der Waals surface area contributed by atoms with Crippen LogP contribution in [0.25, 0.3) is 61.3 Å². The Kier molecular flexibility index (Phi) is 7.38. The summed E-state index contributed by atoms with van der Waals surface area (Å²) in [5.74, 6) is 1.88. The number of hydrogen-bond donors (Lipinski definition) is 0. The van der Waals surface area contributed by atoms with Crippen LogP contribution in [0.4, 0.5) is 5.69 Å². The summed E-state index contributed by atoms with van der Waals surface area (Å²) in [6.07, 6.45) is 0. The number of benzene rings is 7. The maximum atomic E-state index is 7.63. The molecule has 0 saturated carbocycles. The van der Waals surface area contributed by atoms with Crippen molar-refractivity contribution in [2.45, 2.75) is 5.41 Å². The average Bonchev–Trinajstić information content (AvgIpc) is 3.51. The molecule has 0 N–H and O–H groups in total. The van der Waals surface area contributed by atoms with Gasteiger partial charge in [0.1, 0.15) is 0 Å². The van der Waals surface area contributed by atoms with Gasteiger partial charge in [0.25, 0.3) is 0 Å². The van der Waals surface area contributed by atoms with Gasteiger partial charge < -0.3 is 0 Å². The van der Waals surface area contributed by atoms with Gasteiger partial charge in [-0.05, 0) is 62.7 Å². The molecule has 0 bridgehead atoms. The zero-order valence-corrected chi connectivity index (χ0v) is 27.6. The largest absolute Gasteiger partial charge is 0.238 e. The molecule has 9 rings (SSSR count). The second-order valence-electron chi connectivity index (χ2n) is 12.7. The molecular weight excluding hydrogens is 621 g/mol. The molecule has 0 radical (unpaired) electrons. The fraction of sp³-hybridized carbons (Fsp3) is 0.0213. The first kappa shape index (κ1) is 30.1. The van der Waals surface area contributed by atoms with E-state index in [0.29, 0.717) is 23.2 Å². The quantitative estimate of drug-likeness (QED) is 0.168. The molecule has 1 heterocycles. The predicted octanol–water partition coefficient (Wildman–Crippen LogP) is 11.5. The molecule has 0 aliphatic heterocycles. The van der Waals surface area contributed by atoms with E-state index in [-0.39, 0.29) is 0 Å². The molecule has 4 nitrogen and oxygen atoms in total. The summed E-state index contributed by atoms with van der Waals surface area (Å²) >= 11 is 0. The first-order chi connectivity index (χ1) is 25.2. The minimum Gasteiger partial charge on any atom is -0.238 e. The second-order valence-corrected chi connectivity index (χ2v) is 12.7. The summed E-state index contributed by atoms with van der Waals surface area (Å²) in [7, 11) is 0. The van der Waals surface area contributed by atoms with Crippen LogP contribution < -0.4 is 0 Å². The summed E-state index contributed by atoms with van der Waals surface area (Å²) in [5.41, 5.74) is 11.9. The third kappa shape index (κ3) is 5.12. The average molecular weight is 651 g/mol. The van der Waals surface area contributed by atoms with Gasteiger partial charge >= 0.3 is 0 Å². The third-order valence-electron chi connectivity index (χ3n) is 9.82. The second kappa shape index (κ2) is 12.5. The van der Waals surface area contributed by atoms with Crippen molar-refractivity contribution >= 4 is 5.69 Å². The highest BCUT2D eigenvalue weighted by Gasteiger charge is 2.46. The maximum Gasteiger partial charge on any atom is 0.187 e. The Bertz CT molecular complexity index is 2480. The molecule has 0 amide bonds. The molecule has 1 aliphatic carbocycles. The molecule has 4 heteroatoms. The lowest BCUT2D eigenvalue weighted by molar-refractivity contribution is 0.769. The van der Waals surface area contributed by atoms with Gasteiger partial charge in [-0.3, -0.25) is 0 Å². The Morgan fingerprint density at radius 3 is 1.29 bits per heavy atom. The highest BCUT2D eigenvalue weighted by molar-refractivity contribution is 5.90. The fourth-order valence-electron chi connectivity index (χ4n) is 7.50. The number of hydrogen-bond acceptors (Lipinski definition) is 3. The lowest BCUT2D eigenvalue weighted by Gasteiger charge is -2.34. The van der Waals surface area contributed by atoms with Crippen molar-refractivity contribution in [3.63, 3.8) is 0 Å². The van der Waals surface area contributed by atoms with Crippen molar-refractivity contribution < 1.29 is 0 Å². The molecule has 1 aromatic heterocycles. The van der Waals surface area contributed by atoms with E-state index in [9.17, 15) is 0 Å². The summed E-state index contributed by atoms with van der Waals surface area (Å²) in [6.45, 7) is 7.63. The van der Waals surface area contributed by atoms with E-state index in [1.54, 1.807) is 0 Å². The Labute approximate surface area is 297 Å². The van der Waals surface area contributed by atoms with Crippen molar-refractivity contribution in [3.05, 3.63) is 216 Å². The highest BCUT2D eigenvalue weighted by atomic mass is 15.0. The zero-order chi connectivity index (χ0) is 34.2. The van der Waals surface area contributed by atoms with Crippen LogP contribution in [0.3, 0.4) is 0 Å². The lowest BCUT2D eigenvalue weighted by atomic mass is 9.67. The summed E-state index contributed by atoms with van der Waals surface area (Å²) < 4.78 is 0. The van der Waals surface area contributed by atoms with E-state index in [1.165, 1.54) is 33.4 Å². The molecule has 238 valence electrons. The van der Waals surface area contributed by atoms with Crippen molar-refractivity contribution in [2.75, 3.05) is 0 Å². The Balaban J connectivity index is 1.32. The fourth-order valence-corrected chi connectivity index (χ4v) is 7.50. The Morgan fingerprint density at radius 1 is 0.373 bits per heavy atom. The molecule has 0 saturated heterocycles. The van der Waals surface area contributed by atoms with Crippen molar-refractivity contribution in [3.8, 4) is 56.4 Å². The first-order valence-electron chi connectivity index (χ1n) is 17.0. The van der Waals surface area contributed by atoms with Gasteiger partial charge in [-0.25, -0.2) is 19.8 Å². The summed E-state index contributed by atoms with van der Waals surface area (Å²) in [5, 5.41) is 0. The minimum absolute atomic E-state index is 0.619. The van der Waals surface area contributed by atoms with Gasteiger partial charge in [0, 0.05) is 16.7 Å². The monoisotopic (exact) mass is 650 g/mol. The van der Waals surface area contributed by atoms with Gasteiger partial charge in [0.2, 0.25) is 0 Å². The van der Waals surface area contributed by atoms with Gasteiger partial charge in [0.05, 0.1) is 12.0 Å². The normalized spacial score (nSPS) is 12.5. The molecule has 8 aromatic rings. The van der Waals surface area contributed by atoms with Crippen molar-refractivity contribution in [2.24, 2.45) is 0 Å². The molecule has 51 heavy (non-hydrogen) atoms. The van der Waals surface area contributed by atoms with E-state index in [2.05, 4.69) is 108 Å². The third-order valence-corrected chi connectivity index (χ3v) is 9.82. The van der Waals surface area contributed by atoms with Crippen LogP contribution in [0.2, 0.25) is 0 Å². The maximum absolute atomic E-state index is 7.63. The summed E-state index contributed by atoms with van der Waals surface area (Å²) in [6, 6.07) is 63.0. The van der Waals surface area contributed by atoms with Crippen LogP contribution in [-0.2, 0) is 5.41 Å². The zero-order valence-electron chi connectivity index (χ0n) is 27.6. The molecular formula is C47H30N4. The van der Waals surface area contributed by atoms with Crippen LogP contribution in [0, 0.1) is 6.57 Å². The van der Waals surface area contributed by atoms with Crippen LogP contribution in [0.5, 0.6) is 0 Å². The molecule has 1 aliphatic rings. The van der Waals surface area contributed by atoms with Crippen LogP contribution in [0.15, 0.2) is 182 Å². The Morgan fingerprint density at radius 2 is 0.784 bits per heavy atom. The molecule has 7 aromatic carbocycles. The molecule has 0 unspecified atom stereocenters. The van der Waals surface area contributed by atoms with Crippen LogP contribution >= 0.6 is 0 Å². The Hall–Kier alpha value is -6.96. The van der Waals surface area contributed by atoms with Crippen LogP contribution in [0.1, 0.15) is 22.3 Å². The molecule has 0 spiro atoms. The van der Waals surface area contributed by atoms with Gasteiger partial charge in [0.15, 0.2) is 23.2 Å². The van der Waals surface area contributed by atoms with Crippen molar-refractivity contribution in [1.29, 1.82) is 0 Å². The topological polar surface area (TPSA) is 43.0 Å². The lowest BCUT2D eigenvalue weighted by Crippen LogP contribution is -2.28. The van der Waals surface area contributed by atoms with E-state index in [0.717, 1.165) is 27.8 Å². The van der Waals surface area contributed by atoms with Gasteiger partial charge in [-0.15, -0.1) is 0 Å². The minimum atomic E-state index is -0.631. The van der Waals surface area contributed by atoms with Crippen LogP contribution in [-0.4, -0.2) is 15.0 Å². The highest BCUT2D eigenvalue weighted by Crippen LogP contribution is 2.57. The van der Waals surface area contributed by atoms with Gasteiger partial charge in [-0.2, -0.15) is 0 Å². The summed E-state index contributed by atoms with van der Waals surface area (Å²) in [4.78, 5) is 18.8. The smallest absolute Gasteiger partial charge is 0.187 e. The molecule has 0 fully saturated rings.